The van der Waals surface area contributed by atoms with Crippen LogP contribution in [0.15, 0.2) is 156 Å². The average Bonchev–Trinajstić information content (AvgIpc) is 3.99. The Kier molecular flexibility index (Phi) is 8.90. The molecule has 0 N–H and O–H groups in total. The van der Waals surface area contributed by atoms with Crippen molar-refractivity contribution < 1.29 is 4.42 Å². The van der Waals surface area contributed by atoms with Gasteiger partial charge in [0.15, 0.2) is 0 Å². The third-order valence-corrected chi connectivity index (χ3v) is 18.7. The highest BCUT2D eigenvalue weighted by molar-refractivity contribution is 7.26. The molecule has 2 atom stereocenters. The third kappa shape index (κ3) is 5.92. The van der Waals surface area contributed by atoms with Gasteiger partial charge in [0.1, 0.15) is 11.2 Å². The lowest BCUT2D eigenvalue weighted by atomic mass is 9.33. The van der Waals surface area contributed by atoms with E-state index in [9.17, 15) is 0 Å². The average molecular weight is 942 g/mol. The fraction of sp³-hybridized carbons (Fsp3) is 0.262. The van der Waals surface area contributed by atoms with Crippen LogP contribution in [-0.2, 0) is 16.2 Å². The maximum Gasteiger partial charge on any atom is 0.252 e. The van der Waals surface area contributed by atoms with Crippen molar-refractivity contribution in [2.75, 3.05) is 14.7 Å². The zero-order valence-electron chi connectivity index (χ0n) is 42.5. The first kappa shape index (κ1) is 43.1. The molecule has 6 heteroatoms. The van der Waals surface area contributed by atoms with Gasteiger partial charge in [-0.3, -0.25) is 0 Å². The minimum absolute atomic E-state index is 0.00308. The molecule has 0 amide bonds. The van der Waals surface area contributed by atoms with Gasteiger partial charge in [-0.2, -0.15) is 0 Å². The predicted molar refractivity (Wildman–Crippen MR) is 306 cm³/mol. The summed E-state index contributed by atoms with van der Waals surface area (Å²) in [7, 11) is 0. The number of thiophene rings is 1. The zero-order valence-corrected chi connectivity index (χ0v) is 43.3. The largest absolute Gasteiger partial charge is 0.456 e. The number of furan rings is 1. The molecule has 2 aromatic heterocycles. The Balaban J connectivity index is 1.09. The summed E-state index contributed by atoms with van der Waals surface area (Å²) in [5.74, 6) is 0. The zero-order chi connectivity index (χ0) is 48.5. The van der Waals surface area contributed by atoms with Crippen molar-refractivity contribution in [3.05, 3.63) is 174 Å². The van der Waals surface area contributed by atoms with Gasteiger partial charge in [-0.25, -0.2) is 0 Å². The highest BCUT2D eigenvalue weighted by atomic mass is 32.1. The minimum atomic E-state index is -0.105. The highest BCUT2D eigenvalue weighted by Crippen LogP contribution is 2.62. The van der Waals surface area contributed by atoms with Crippen molar-refractivity contribution in [1.82, 2.24) is 0 Å². The van der Waals surface area contributed by atoms with Crippen LogP contribution in [0.25, 0.3) is 42.1 Å². The second-order valence-corrected chi connectivity index (χ2v) is 24.8. The fourth-order valence-electron chi connectivity index (χ4n) is 13.7. The van der Waals surface area contributed by atoms with Crippen LogP contribution in [0.1, 0.15) is 103 Å². The smallest absolute Gasteiger partial charge is 0.252 e. The molecular formula is C65H60BN3OS. The molecule has 0 bridgehead atoms. The minimum Gasteiger partial charge on any atom is -0.456 e. The molecule has 14 rings (SSSR count). The Morgan fingerprint density at radius 1 is 0.521 bits per heavy atom. The summed E-state index contributed by atoms with van der Waals surface area (Å²) in [6.07, 6.45) is 4.81. The second kappa shape index (κ2) is 14.7. The molecule has 0 spiro atoms. The number of hydrogen-bond donors (Lipinski definition) is 0. The van der Waals surface area contributed by atoms with E-state index in [0.717, 1.165) is 34.0 Å². The van der Waals surface area contributed by atoms with Gasteiger partial charge in [0.05, 0.1) is 22.3 Å². The summed E-state index contributed by atoms with van der Waals surface area (Å²) in [5, 5.41) is 4.88. The molecule has 2 unspecified atom stereocenters. The molecule has 0 saturated heterocycles. The standard InChI is InChI=1S/C65H60BN3OS/c1-39-34-53-61-54(35-39)68(50-20-16-23-56-59(50)43-18-10-12-22-55(43)70-56)52-38-42(69-48-30-26-40(62(2,3)4)36-45(48)64(8)32-14-15-33-65(64,69)9)28-29-46(52)66(61)47-37-41(63(5,6)7)27-31-49(47)67(53)51-21-17-25-58-60(51)44-19-11-13-24-57(44)71-58/h10-13,16-31,34-38H,14-15,32-33H2,1-9H3. The Hall–Kier alpha value is -6.76. The van der Waals surface area contributed by atoms with Crippen molar-refractivity contribution in [2.24, 2.45) is 0 Å². The molecule has 8 aromatic carbocycles. The van der Waals surface area contributed by atoms with Gasteiger partial charge in [0.25, 0.3) is 6.71 Å². The van der Waals surface area contributed by atoms with Crippen LogP contribution < -0.4 is 31.1 Å². The maximum absolute atomic E-state index is 6.71. The van der Waals surface area contributed by atoms with Crippen molar-refractivity contribution in [3.8, 4) is 0 Å². The van der Waals surface area contributed by atoms with Gasteiger partial charge < -0.3 is 19.1 Å². The molecule has 71 heavy (non-hydrogen) atoms. The number of aryl methyl sites for hydroxylation is 1. The Bertz CT molecular complexity index is 3900. The lowest BCUT2D eigenvalue weighted by Gasteiger charge is -2.50. The molecule has 4 nitrogen and oxygen atoms in total. The molecular weight excluding hydrogens is 882 g/mol. The Morgan fingerprint density at radius 2 is 1.15 bits per heavy atom. The van der Waals surface area contributed by atoms with Crippen LogP contribution in [-0.4, -0.2) is 12.3 Å². The van der Waals surface area contributed by atoms with E-state index >= 15 is 0 Å². The summed E-state index contributed by atoms with van der Waals surface area (Å²) < 4.78 is 9.33. The normalized spacial score (nSPS) is 19.4. The van der Waals surface area contributed by atoms with Crippen LogP contribution in [0.5, 0.6) is 0 Å². The second-order valence-electron chi connectivity index (χ2n) is 23.7. The number of hydrogen-bond acceptors (Lipinski definition) is 5. The van der Waals surface area contributed by atoms with Crippen molar-refractivity contribution in [2.45, 2.75) is 110 Å². The SMILES string of the molecule is Cc1cc2c3c(c1)N(c1cccc4sc5ccccc5c14)c1ccc(C(C)(C)C)cc1B3c1ccc(N3c4ccc(C(C)(C)C)cc4C4(C)CCCCC34C)cc1N2c1cccc2oc3ccccc3c12. The first-order valence-electron chi connectivity index (χ1n) is 25.9. The molecule has 4 aliphatic rings. The summed E-state index contributed by atoms with van der Waals surface area (Å²) >= 11 is 1.89. The molecule has 10 aromatic rings. The molecule has 0 radical (unpaired) electrons. The number of nitrogens with zero attached hydrogens (tertiary/aromatic N) is 3. The van der Waals surface area contributed by atoms with Crippen molar-refractivity contribution in [3.63, 3.8) is 0 Å². The number of rotatable bonds is 3. The van der Waals surface area contributed by atoms with E-state index in [1.54, 1.807) is 0 Å². The van der Waals surface area contributed by atoms with Gasteiger partial charge in [-0.15, -0.1) is 11.3 Å². The van der Waals surface area contributed by atoms with E-state index in [1.165, 1.54) is 118 Å². The topological polar surface area (TPSA) is 22.9 Å². The lowest BCUT2D eigenvalue weighted by Crippen LogP contribution is -2.61. The van der Waals surface area contributed by atoms with E-state index < -0.39 is 0 Å². The summed E-state index contributed by atoms with van der Waals surface area (Å²) in [5.41, 5.74) is 21.1. The van der Waals surface area contributed by atoms with Gasteiger partial charge in [0.2, 0.25) is 0 Å². The van der Waals surface area contributed by atoms with Crippen molar-refractivity contribution >= 4 is 122 Å². The van der Waals surface area contributed by atoms with Crippen LogP contribution in [0, 0.1) is 6.92 Å². The summed E-state index contributed by atoms with van der Waals surface area (Å²) in [4.78, 5) is 8.02. The summed E-state index contributed by atoms with van der Waals surface area (Å²) in [6.45, 7) is 21.5. The number of para-hydroxylation sites is 1. The quantitative estimate of drug-likeness (QED) is 0.165. The maximum atomic E-state index is 6.71. The van der Waals surface area contributed by atoms with E-state index in [1.807, 2.05) is 11.3 Å². The Morgan fingerprint density at radius 3 is 1.93 bits per heavy atom. The highest BCUT2D eigenvalue weighted by Gasteiger charge is 2.58. The third-order valence-electron chi connectivity index (χ3n) is 17.5. The lowest BCUT2D eigenvalue weighted by molar-refractivity contribution is 0.195. The van der Waals surface area contributed by atoms with Crippen LogP contribution in [0.2, 0.25) is 0 Å². The van der Waals surface area contributed by atoms with E-state index in [2.05, 4.69) is 229 Å². The molecule has 3 aliphatic heterocycles. The number of benzene rings is 8. The van der Waals surface area contributed by atoms with E-state index in [0.29, 0.717) is 0 Å². The van der Waals surface area contributed by atoms with Gasteiger partial charge in [-0.05, 0) is 149 Å². The molecule has 350 valence electrons. The predicted octanol–water partition coefficient (Wildman–Crippen LogP) is 16.7. The first-order valence-corrected chi connectivity index (χ1v) is 26.7. The van der Waals surface area contributed by atoms with Gasteiger partial charge in [-0.1, -0.05) is 140 Å². The first-order chi connectivity index (χ1) is 34.1. The number of anilines is 8. The molecule has 5 heterocycles. The molecule has 1 aliphatic carbocycles. The van der Waals surface area contributed by atoms with Crippen LogP contribution >= 0.6 is 11.3 Å². The van der Waals surface area contributed by atoms with Crippen molar-refractivity contribution in [1.29, 1.82) is 0 Å². The fourth-order valence-corrected chi connectivity index (χ4v) is 14.9. The number of fused-ring (bicyclic) bond motifs is 13. The van der Waals surface area contributed by atoms with E-state index in [4.69, 9.17) is 4.42 Å². The van der Waals surface area contributed by atoms with Gasteiger partial charge in [0, 0.05) is 65.1 Å². The monoisotopic (exact) mass is 941 g/mol. The van der Waals surface area contributed by atoms with Gasteiger partial charge >= 0.3 is 0 Å². The Labute approximate surface area is 422 Å². The van der Waals surface area contributed by atoms with Crippen LogP contribution in [0.4, 0.5) is 45.5 Å². The van der Waals surface area contributed by atoms with Crippen LogP contribution in [0.3, 0.4) is 0 Å². The van der Waals surface area contributed by atoms with E-state index in [-0.39, 0.29) is 28.5 Å². The summed E-state index contributed by atoms with van der Waals surface area (Å²) in [6, 6.07) is 58.4. The molecule has 1 fully saturated rings. The molecule has 1 saturated carbocycles.